The number of para-hydroxylation sites is 2. The van der Waals surface area contributed by atoms with Crippen LogP contribution in [0.2, 0.25) is 0 Å². The third kappa shape index (κ3) is 6.69. The van der Waals surface area contributed by atoms with Gasteiger partial charge in [-0.2, -0.15) is 4.72 Å². The lowest BCUT2D eigenvalue weighted by atomic mass is 10.1. The van der Waals surface area contributed by atoms with Crippen LogP contribution in [0, 0.1) is 0 Å². The molecule has 0 spiro atoms. The van der Waals surface area contributed by atoms with Crippen molar-refractivity contribution in [1.29, 1.82) is 0 Å². The lowest BCUT2D eigenvalue weighted by Gasteiger charge is -2.16. The molecule has 41 heavy (non-hydrogen) atoms. The number of amides is 2. The second-order valence-corrected chi connectivity index (χ2v) is 11.0. The molecule has 0 saturated carbocycles. The Morgan fingerprint density at radius 2 is 1.59 bits per heavy atom. The minimum Gasteiger partial charge on any atom is -0.480 e. The van der Waals surface area contributed by atoms with Crippen molar-refractivity contribution in [2.45, 2.75) is 17.4 Å². The van der Waals surface area contributed by atoms with E-state index in [1.807, 2.05) is 24.3 Å². The number of H-pyrrole nitrogens is 1. The monoisotopic (exact) mass is 570 g/mol. The highest BCUT2D eigenvalue weighted by molar-refractivity contribution is 7.89. The van der Waals surface area contributed by atoms with Crippen molar-refractivity contribution in [3.63, 3.8) is 0 Å². The number of aromatic nitrogens is 2. The number of anilines is 3. The van der Waals surface area contributed by atoms with E-state index in [0.29, 0.717) is 39.5 Å². The van der Waals surface area contributed by atoms with Crippen LogP contribution in [0.4, 0.5) is 22.1 Å². The largest absolute Gasteiger partial charge is 0.480 e. The van der Waals surface area contributed by atoms with Crippen LogP contribution in [-0.2, 0) is 21.2 Å². The lowest BCUT2D eigenvalue weighted by molar-refractivity contribution is -0.138. The molecule has 1 atom stereocenters. The predicted molar refractivity (Wildman–Crippen MR) is 157 cm³/mol. The number of fused-ring (bicyclic) bond motifs is 1. The van der Waals surface area contributed by atoms with Gasteiger partial charge in [-0.15, -0.1) is 0 Å². The maximum atomic E-state index is 13.2. The molecule has 1 unspecified atom stereocenters. The maximum absolute atomic E-state index is 13.2. The second-order valence-electron chi connectivity index (χ2n) is 9.25. The van der Waals surface area contributed by atoms with Crippen LogP contribution in [0.1, 0.15) is 5.56 Å². The molecule has 11 nitrogen and oxygen atoms in total. The number of rotatable bonds is 9. The first-order valence-corrected chi connectivity index (χ1v) is 14.0. The summed E-state index contributed by atoms with van der Waals surface area (Å²) in [5.74, 6) is -1.01. The molecule has 1 aromatic heterocycles. The fraction of sp³-hybridized carbons (Fsp3) is 0.0690. The molecule has 12 heteroatoms. The Hall–Kier alpha value is -5.20. The van der Waals surface area contributed by atoms with Crippen molar-refractivity contribution in [3.8, 4) is 11.1 Å². The molecule has 0 fully saturated rings. The highest BCUT2D eigenvalue weighted by atomic mass is 32.2. The Kier molecular flexibility index (Phi) is 7.68. The van der Waals surface area contributed by atoms with Gasteiger partial charge < -0.3 is 21.1 Å². The standard InChI is InChI=1S/C29H26N6O5S/c30-21-13-11-18(12-14-21)15-26(27(36)37)35-41(39,40)23-8-4-6-20(17-23)19-5-3-7-22(16-19)31-29(38)34-28-32-24-9-1-2-10-25(24)33-28/h1-14,16-17,26,35H,15,30H2,(H,36,37)(H3,31,32,33,34,38). The van der Waals surface area contributed by atoms with Crippen molar-refractivity contribution in [3.05, 3.63) is 103 Å². The maximum Gasteiger partial charge on any atom is 0.326 e. The average molecular weight is 571 g/mol. The summed E-state index contributed by atoms with van der Waals surface area (Å²) in [5, 5.41) is 15.1. The number of aromatic amines is 1. The molecule has 0 bridgehead atoms. The molecule has 2 amide bonds. The van der Waals surface area contributed by atoms with Gasteiger partial charge in [0.05, 0.1) is 15.9 Å². The van der Waals surface area contributed by atoms with E-state index in [1.165, 1.54) is 12.1 Å². The minimum absolute atomic E-state index is 0.0572. The summed E-state index contributed by atoms with van der Waals surface area (Å²) in [6.07, 6.45) is -0.0572. The Morgan fingerprint density at radius 1 is 0.878 bits per heavy atom. The smallest absolute Gasteiger partial charge is 0.326 e. The molecule has 208 valence electrons. The van der Waals surface area contributed by atoms with E-state index in [-0.39, 0.29) is 11.3 Å². The number of benzene rings is 4. The molecule has 4 aromatic carbocycles. The number of nitrogens with zero attached hydrogens (tertiary/aromatic N) is 1. The molecule has 5 rings (SSSR count). The third-order valence-electron chi connectivity index (χ3n) is 6.23. The van der Waals surface area contributed by atoms with Gasteiger partial charge in [0, 0.05) is 11.4 Å². The third-order valence-corrected chi connectivity index (χ3v) is 7.70. The second kappa shape index (κ2) is 11.5. The molecule has 5 aromatic rings. The zero-order chi connectivity index (χ0) is 29.0. The number of nitrogens with two attached hydrogens (primary N) is 1. The van der Waals surface area contributed by atoms with Gasteiger partial charge in [0.1, 0.15) is 6.04 Å². The summed E-state index contributed by atoms with van der Waals surface area (Å²) in [6, 6.07) is 25.0. The van der Waals surface area contributed by atoms with Crippen molar-refractivity contribution in [2.75, 3.05) is 16.4 Å². The number of aliphatic carboxylic acids is 1. The molecule has 0 aliphatic rings. The number of hydrogen-bond acceptors (Lipinski definition) is 6. The van der Waals surface area contributed by atoms with E-state index in [4.69, 9.17) is 5.73 Å². The molecule has 7 N–H and O–H groups in total. The van der Waals surface area contributed by atoms with Gasteiger partial charge in [0.2, 0.25) is 16.0 Å². The van der Waals surface area contributed by atoms with Crippen molar-refractivity contribution < 1.29 is 23.1 Å². The molecular weight excluding hydrogens is 544 g/mol. The number of carboxylic acid groups (broad SMARTS) is 1. The van der Waals surface area contributed by atoms with Gasteiger partial charge in [0.15, 0.2) is 0 Å². The molecule has 0 aliphatic carbocycles. The van der Waals surface area contributed by atoms with Gasteiger partial charge >= 0.3 is 12.0 Å². The summed E-state index contributed by atoms with van der Waals surface area (Å²) < 4.78 is 28.6. The quantitative estimate of drug-likeness (QED) is 0.142. The summed E-state index contributed by atoms with van der Waals surface area (Å²) in [6.45, 7) is 0. The van der Waals surface area contributed by atoms with Crippen LogP contribution >= 0.6 is 0 Å². The lowest BCUT2D eigenvalue weighted by Crippen LogP contribution is -2.42. The molecule has 0 radical (unpaired) electrons. The SMILES string of the molecule is Nc1ccc(CC(NS(=O)(=O)c2cccc(-c3cccc(NC(=O)Nc4nc5ccccc5[nH]4)c3)c2)C(=O)O)cc1. The zero-order valence-electron chi connectivity index (χ0n) is 21.5. The number of hydrogen-bond donors (Lipinski definition) is 6. The molecule has 1 heterocycles. The van der Waals surface area contributed by atoms with Crippen molar-refractivity contribution >= 4 is 50.4 Å². The predicted octanol–water partition coefficient (Wildman–Crippen LogP) is 4.43. The fourth-order valence-electron chi connectivity index (χ4n) is 4.23. The number of carbonyl (C=O) groups excluding carboxylic acids is 1. The average Bonchev–Trinajstić information content (AvgIpc) is 3.36. The number of urea groups is 1. The number of nitrogens with one attached hydrogen (secondary N) is 4. The number of carboxylic acids is 1. The van der Waals surface area contributed by atoms with Crippen LogP contribution in [-0.4, -0.2) is 41.5 Å². The Bertz CT molecular complexity index is 1800. The normalized spacial score (nSPS) is 12.1. The van der Waals surface area contributed by atoms with Crippen molar-refractivity contribution in [1.82, 2.24) is 14.7 Å². The van der Waals surface area contributed by atoms with E-state index in [2.05, 4.69) is 25.3 Å². The first kappa shape index (κ1) is 27.4. The van der Waals surface area contributed by atoms with Crippen LogP contribution in [0.3, 0.4) is 0 Å². The summed E-state index contributed by atoms with van der Waals surface area (Å²) in [4.78, 5) is 31.7. The summed E-state index contributed by atoms with van der Waals surface area (Å²) >= 11 is 0. The first-order valence-electron chi connectivity index (χ1n) is 12.5. The summed E-state index contributed by atoms with van der Waals surface area (Å²) in [7, 11) is -4.18. The fourth-order valence-corrected chi connectivity index (χ4v) is 5.46. The van der Waals surface area contributed by atoms with Crippen LogP contribution in [0.5, 0.6) is 0 Å². The first-order chi connectivity index (χ1) is 19.7. The van der Waals surface area contributed by atoms with Gasteiger partial charge in [-0.25, -0.2) is 18.2 Å². The Morgan fingerprint density at radius 3 is 2.32 bits per heavy atom. The van der Waals surface area contributed by atoms with Gasteiger partial charge in [-0.05, 0) is 71.6 Å². The van der Waals surface area contributed by atoms with Crippen LogP contribution in [0.15, 0.2) is 102 Å². The minimum atomic E-state index is -4.18. The Labute approximate surface area is 235 Å². The zero-order valence-corrected chi connectivity index (χ0v) is 22.4. The van der Waals surface area contributed by atoms with E-state index in [0.717, 1.165) is 5.52 Å². The van der Waals surface area contributed by atoms with E-state index in [1.54, 1.807) is 60.7 Å². The topological polar surface area (TPSA) is 179 Å². The Balaban J connectivity index is 1.30. The van der Waals surface area contributed by atoms with E-state index in [9.17, 15) is 23.1 Å². The van der Waals surface area contributed by atoms with Crippen molar-refractivity contribution in [2.24, 2.45) is 0 Å². The molecular formula is C29H26N6O5S. The van der Waals surface area contributed by atoms with Gasteiger partial charge in [-0.3, -0.25) is 10.1 Å². The number of sulfonamides is 1. The van der Waals surface area contributed by atoms with Crippen LogP contribution < -0.4 is 21.1 Å². The van der Waals surface area contributed by atoms with Crippen LogP contribution in [0.25, 0.3) is 22.2 Å². The highest BCUT2D eigenvalue weighted by Gasteiger charge is 2.26. The number of nitrogen functional groups attached to an aromatic ring is 1. The van der Waals surface area contributed by atoms with E-state index < -0.39 is 28.1 Å². The highest BCUT2D eigenvalue weighted by Crippen LogP contribution is 2.26. The number of carbonyl (C=O) groups is 2. The number of imidazole rings is 1. The van der Waals surface area contributed by atoms with Gasteiger partial charge in [-0.1, -0.05) is 48.5 Å². The van der Waals surface area contributed by atoms with Gasteiger partial charge in [0.25, 0.3) is 0 Å². The van der Waals surface area contributed by atoms with E-state index >= 15 is 0 Å². The summed E-state index contributed by atoms with van der Waals surface area (Å²) in [5.41, 5.74) is 9.99. The molecule has 0 saturated heterocycles. The molecule has 0 aliphatic heterocycles.